The Hall–Kier alpha value is -3.14. The fourth-order valence-electron chi connectivity index (χ4n) is 3.22. The maximum Gasteiger partial charge on any atom is 0.294 e. The lowest BCUT2D eigenvalue weighted by Gasteiger charge is -2.13. The van der Waals surface area contributed by atoms with Crippen molar-refractivity contribution in [3.8, 4) is 5.75 Å². The zero-order chi connectivity index (χ0) is 24.9. The lowest BCUT2D eigenvalue weighted by atomic mass is 10.1. The van der Waals surface area contributed by atoms with Crippen molar-refractivity contribution in [3.05, 3.63) is 98.1 Å². The van der Waals surface area contributed by atoms with Crippen LogP contribution in [0.15, 0.2) is 76.1 Å². The van der Waals surface area contributed by atoms with Crippen LogP contribution >= 0.6 is 39.3 Å². The summed E-state index contributed by atoms with van der Waals surface area (Å²) in [6.07, 6.45) is 1.53. The van der Waals surface area contributed by atoms with Crippen LogP contribution in [-0.2, 0) is 16.2 Å². The SMILES string of the molecule is O=C(CN1C(=O)S/C(=C/c2cc(Br)ccc2OCc2cccc(F)c2)C1=O)Nc1ccccc1Cl. The van der Waals surface area contributed by atoms with Crippen molar-refractivity contribution in [2.75, 3.05) is 11.9 Å². The van der Waals surface area contributed by atoms with Gasteiger partial charge in [-0.25, -0.2) is 4.39 Å². The molecule has 0 atom stereocenters. The van der Waals surface area contributed by atoms with Crippen LogP contribution in [0.5, 0.6) is 5.75 Å². The van der Waals surface area contributed by atoms with E-state index in [1.807, 2.05) is 0 Å². The number of benzene rings is 3. The average molecular weight is 576 g/mol. The quantitative estimate of drug-likeness (QED) is 0.326. The number of carbonyl (C=O) groups is 3. The van der Waals surface area contributed by atoms with E-state index in [2.05, 4.69) is 21.2 Å². The molecule has 0 bridgehead atoms. The van der Waals surface area contributed by atoms with Gasteiger partial charge in [0.05, 0.1) is 15.6 Å². The van der Waals surface area contributed by atoms with Gasteiger partial charge < -0.3 is 10.1 Å². The smallest absolute Gasteiger partial charge is 0.294 e. The van der Waals surface area contributed by atoms with Crippen LogP contribution in [0, 0.1) is 5.82 Å². The molecule has 1 heterocycles. The lowest BCUT2D eigenvalue weighted by molar-refractivity contribution is -0.127. The number of anilines is 1. The summed E-state index contributed by atoms with van der Waals surface area (Å²) in [5.41, 5.74) is 1.57. The third kappa shape index (κ3) is 6.30. The van der Waals surface area contributed by atoms with Gasteiger partial charge in [-0.3, -0.25) is 19.3 Å². The topological polar surface area (TPSA) is 75.7 Å². The number of nitrogens with zero attached hydrogens (tertiary/aromatic N) is 1. The van der Waals surface area contributed by atoms with E-state index in [1.165, 1.54) is 18.2 Å². The van der Waals surface area contributed by atoms with Gasteiger partial charge in [-0.05, 0) is 65.9 Å². The number of hydrogen-bond acceptors (Lipinski definition) is 5. The Labute approximate surface area is 218 Å². The molecule has 1 aliphatic heterocycles. The number of ether oxygens (including phenoxy) is 1. The van der Waals surface area contributed by atoms with Gasteiger partial charge >= 0.3 is 0 Å². The molecular weight excluding hydrogens is 559 g/mol. The van der Waals surface area contributed by atoms with E-state index in [-0.39, 0.29) is 17.3 Å². The number of amides is 3. The molecule has 3 aromatic rings. The van der Waals surface area contributed by atoms with Crippen molar-refractivity contribution in [1.29, 1.82) is 0 Å². The van der Waals surface area contributed by atoms with E-state index in [0.717, 1.165) is 21.1 Å². The molecular formula is C25H17BrClFN2O4S. The van der Waals surface area contributed by atoms with Crippen molar-refractivity contribution >= 4 is 68.1 Å². The molecule has 178 valence electrons. The maximum absolute atomic E-state index is 13.5. The molecule has 10 heteroatoms. The molecule has 1 saturated heterocycles. The number of para-hydroxylation sites is 1. The summed E-state index contributed by atoms with van der Waals surface area (Å²) >= 11 is 10.2. The largest absolute Gasteiger partial charge is 0.488 e. The van der Waals surface area contributed by atoms with Gasteiger partial charge in [0, 0.05) is 10.0 Å². The van der Waals surface area contributed by atoms with E-state index in [9.17, 15) is 18.8 Å². The Morgan fingerprint density at radius 1 is 1.11 bits per heavy atom. The first-order chi connectivity index (χ1) is 16.8. The first-order valence-corrected chi connectivity index (χ1v) is 12.3. The Balaban J connectivity index is 1.49. The Bertz CT molecular complexity index is 1350. The van der Waals surface area contributed by atoms with Crippen LogP contribution in [0.2, 0.25) is 5.02 Å². The first kappa shape index (κ1) is 25.0. The van der Waals surface area contributed by atoms with Crippen molar-refractivity contribution in [2.45, 2.75) is 6.61 Å². The van der Waals surface area contributed by atoms with Crippen molar-refractivity contribution in [1.82, 2.24) is 4.90 Å². The second kappa shape index (κ2) is 11.1. The summed E-state index contributed by atoms with van der Waals surface area (Å²) < 4.78 is 20.0. The first-order valence-electron chi connectivity index (χ1n) is 10.3. The molecule has 0 aliphatic carbocycles. The van der Waals surface area contributed by atoms with Crippen LogP contribution in [0.25, 0.3) is 6.08 Å². The number of halogens is 3. The zero-order valence-electron chi connectivity index (χ0n) is 18.0. The van der Waals surface area contributed by atoms with Crippen LogP contribution in [0.3, 0.4) is 0 Å². The van der Waals surface area contributed by atoms with Crippen LogP contribution < -0.4 is 10.1 Å². The standard InChI is InChI=1S/C25H17BrClFN2O4S/c26-17-8-9-21(34-14-15-4-3-5-18(28)10-15)16(11-17)12-22-24(32)30(25(33)35-22)13-23(31)29-20-7-2-1-6-19(20)27/h1-12H,13-14H2,(H,29,31)/b22-12+. The van der Waals surface area contributed by atoms with E-state index in [0.29, 0.717) is 27.6 Å². The minimum absolute atomic E-state index is 0.115. The molecule has 1 fully saturated rings. The Kier molecular flexibility index (Phi) is 7.90. The third-order valence-electron chi connectivity index (χ3n) is 4.87. The highest BCUT2D eigenvalue weighted by Gasteiger charge is 2.36. The minimum Gasteiger partial charge on any atom is -0.488 e. The van der Waals surface area contributed by atoms with Gasteiger partial charge in [0.25, 0.3) is 11.1 Å². The molecule has 0 radical (unpaired) electrons. The van der Waals surface area contributed by atoms with E-state index in [1.54, 1.807) is 54.6 Å². The van der Waals surface area contributed by atoms with Crippen LogP contribution in [0.4, 0.5) is 14.9 Å². The predicted molar refractivity (Wildman–Crippen MR) is 138 cm³/mol. The minimum atomic E-state index is -0.592. The molecule has 6 nitrogen and oxygen atoms in total. The Morgan fingerprint density at radius 3 is 2.69 bits per heavy atom. The average Bonchev–Trinajstić information content (AvgIpc) is 3.07. The monoisotopic (exact) mass is 574 g/mol. The van der Waals surface area contributed by atoms with Crippen LogP contribution in [-0.4, -0.2) is 28.5 Å². The summed E-state index contributed by atoms with van der Waals surface area (Å²) in [6, 6.07) is 17.9. The van der Waals surface area contributed by atoms with Gasteiger partial charge in [0.1, 0.15) is 24.7 Å². The second-order valence-corrected chi connectivity index (χ2v) is 9.71. The summed E-state index contributed by atoms with van der Waals surface area (Å²) in [7, 11) is 0. The fraction of sp³-hybridized carbons (Fsp3) is 0.0800. The highest BCUT2D eigenvalue weighted by atomic mass is 79.9. The van der Waals surface area contributed by atoms with E-state index in [4.69, 9.17) is 16.3 Å². The predicted octanol–water partition coefficient (Wildman–Crippen LogP) is 6.50. The van der Waals surface area contributed by atoms with Crippen molar-refractivity contribution < 1.29 is 23.5 Å². The number of imide groups is 1. The molecule has 0 saturated carbocycles. The highest BCUT2D eigenvalue weighted by molar-refractivity contribution is 9.10. The number of rotatable bonds is 7. The lowest BCUT2D eigenvalue weighted by Crippen LogP contribution is -2.36. The summed E-state index contributed by atoms with van der Waals surface area (Å²) in [5.74, 6) is -1.07. The molecule has 3 aromatic carbocycles. The number of nitrogens with one attached hydrogen (secondary N) is 1. The maximum atomic E-state index is 13.5. The molecule has 4 rings (SSSR count). The van der Waals surface area contributed by atoms with Crippen molar-refractivity contribution in [3.63, 3.8) is 0 Å². The van der Waals surface area contributed by atoms with Gasteiger partial charge in [0.2, 0.25) is 5.91 Å². The highest BCUT2D eigenvalue weighted by Crippen LogP contribution is 2.35. The zero-order valence-corrected chi connectivity index (χ0v) is 21.1. The van der Waals surface area contributed by atoms with Gasteiger partial charge in [0.15, 0.2) is 0 Å². The molecule has 1 aliphatic rings. The van der Waals surface area contributed by atoms with Gasteiger partial charge in [-0.15, -0.1) is 0 Å². The molecule has 35 heavy (non-hydrogen) atoms. The number of carbonyl (C=O) groups excluding carboxylic acids is 3. The van der Waals surface area contributed by atoms with E-state index < -0.39 is 23.6 Å². The fourth-order valence-corrected chi connectivity index (χ4v) is 4.62. The van der Waals surface area contributed by atoms with E-state index >= 15 is 0 Å². The molecule has 3 amide bonds. The molecule has 0 spiro atoms. The normalized spacial score (nSPS) is 14.5. The second-order valence-electron chi connectivity index (χ2n) is 7.40. The summed E-state index contributed by atoms with van der Waals surface area (Å²) in [6.45, 7) is -0.335. The van der Waals surface area contributed by atoms with Gasteiger partial charge in [-0.2, -0.15) is 0 Å². The molecule has 1 N–H and O–H groups in total. The summed E-state index contributed by atoms with van der Waals surface area (Å²) in [5, 5.41) is 2.38. The number of hydrogen-bond donors (Lipinski definition) is 1. The third-order valence-corrected chi connectivity index (χ3v) is 6.60. The molecule has 0 aromatic heterocycles. The van der Waals surface area contributed by atoms with Crippen LogP contribution in [0.1, 0.15) is 11.1 Å². The van der Waals surface area contributed by atoms with Crippen molar-refractivity contribution in [2.24, 2.45) is 0 Å². The molecule has 0 unspecified atom stereocenters. The number of thioether (sulfide) groups is 1. The summed E-state index contributed by atoms with van der Waals surface area (Å²) in [4.78, 5) is 38.8. The Morgan fingerprint density at radius 2 is 1.91 bits per heavy atom. The van der Waals surface area contributed by atoms with Gasteiger partial charge in [-0.1, -0.05) is 51.8 Å².